The zero-order valence-electron chi connectivity index (χ0n) is 8.10. The lowest BCUT2D eigenvalue weighted by Crippen LogP contribution is -1.92. The normalized spacial score (nSPS) is 10.1. The smallest absolute Gasteiger partial charge is 0.237 e. The standard InChI is InChI=1S/C10H7Cl2N3O/c11-2-8-4-15-10(6-14-8)16-9-1-7(12)3-13-5-9/h1,3-6H,2H2. The highest BCUT2D eigenvalue weighted by atomic mass is 35.5. The average Bonchev–Trinajstić information content (AvgIpc) is 2.30. The van der Waals surface area contributed by atoms with E-state index in [-0.39, 0.29) is 0 Å². The Balaban J connectivity index is 2.14. The van der Waals surface area contributed by atoms with Crippen molar-refractivity contribution in [2.75, 3.05) is 0 Å². The van der Waals surface area contributed by atoms with Crippen LogP contribution in [-0.2, 0) is 5.88 Å². The molecule has 0 bridgehead atoms. The lowest BCUT2D eigenvalue weighted by molar-refractivity contribution is 0.457. The summed E-state index contributed by atoms with van der Waals surface area (Å²) in [5, 5.41) is 0.503. The second-order valence-corrected chi connectivity index (χ2v) is 3.62. The maximum absolute atomic E-state index is 5.76. The minimum atomic E-state index is 0.325. The molecule has 0 aliphatic heterocycles. The highest BCUT2D eigenvalue weighted by molar-refractivity contribution is 6.30. The van der Waals surface area contributed by atoms with Gasteiger partial charge in [-0.05, 0) is 0 Å². The number of pyridine rings is 1. The topological polar surface area (TPSA) is 47.9 Å². The van der Waals surface area contributed by atoms with E-state index in [1.165, 1.54) is 12.4 Å². The number of hydrogen-bond donors (Lipinski definition) is 0. The van der Waals surface area contributed by atoms with Crippen LogP contribution in [-0.4, -0.2) is 15.0 Å². The highest BCUT2D eigenvalue weighted by Gasteiger charge is 2.01. The lowest BCUT2D eigenvalue weighted by Gasteiger charge is -2.03. The Morgan fingerprint density at radius 2 is 2.00 bits per heavy atom. The molecule has 4 nitrogen and oxygen atoms in total. The first-order valence-electron chi connectivity index (χ1n) is 4.43. The van der Waals surface area contributed by atoms with Crippen LogP contribution in [0.15, 0.2) is 30.9 Å². The fraction of sp³-hybridized carbons (Fsp3) is 0.100. The maximum atomic E-state index is 5.76. The summed E-state index contributed by atoms with van der Waals surface area (Å²) in [6, 6.07) is 1.64. The number of nitrogens with zero attached hydrogens (tertiary/aromatic N) is 3. The molecule has 0 aliphatic carbocycles. The Bertz CT molecular complexity index is 476. The maximum Gasteiger partial charge on any atom is 0.237 e. The van der Waals surface area contributed by atoms with Gasteiger partial charge in [0.15, 0.2) is 0 Å². The van der Waals surface area contributed by atoms with E-state index in [1.807, 2.05) is 0 Å². The van der Waals surface area contributed by atoms with Crippen molar-refractivity contribution in [1.29, 1.82) is 0 Å². The summed E-state index contributed by atoms with van der Waals surface area (Å²) >= 11 is 11.4. The van der Waals surface area contributed by atoms with Gasteiger partial charge in [0.05, 0.1) is 35.2 Å². The quantitative estimate of drug-likeness (QED) is 0.792. The predicted octanol–water partition coefficient (Wildman–Crippen LogP) is 3.06. The minimum Gasteiger partial charge on any atom is -0.436 e. The first-order chi connectivity index (χ1) is 7.78. The van der Waals surface area contributed by atoms with Gasteiger partial charge in [-0.15, -0.1) is 11.6 Å². The first-order valence-corrected chi connectivity index (χ1v) is 5.34. The van der Waals surface area contributed by atoms with Crippen LogP contribution in [0, 0.1) is 0 Å². The molecule has 0 saturated carbocycles. The van der Waals surface area contributed by atoms with Crippen LogP contribution >= 0.6 is 23.2 Å². The second-order valence-electron chi connectivity index (χ2n) is 2.92. The molecule has 0 atom stereocenters. The zero-order chi connectivity index (χ0) is 11.4. The molecular formula is C10H7Cl2N3O. The molecule has 0 amide bonds. The number of ether oxygens (including phenoxy) is 1. The summed E-state index contributed by atoms with van der Waals surface area (Å²) in [7, 11) is 0. The summed E-state index contributed by atoms with van der Waals surface area (Å²) in [4.78, 5) is 12.0. The van der Waals surface area contributed by atoms with E-state index >= 15 is 0 Å². The van der Waals surface area contributed by atoms with E-state index < -0.39 is 0 Å². The number of hydrogen-bond acceptors (Lipinski definition) is 4. The summed E-state index contributed by atoms with van der Waals surface area (Å²) in [5.41, 5.74) is 0.693. The van der Waals surface area contributed by atoms with Crippen LogP contribution in [0.2, 0.25) is 5.02 Å². The highest BCUT2D eigenvalue weighted by Crippen LogP contribution is 2.20. The van der Waals surface area contributed by atoms with Gasteiger partial charge in [-0.25, -0.2) is 4.98 Å². The van der Waals surface area contributed by atoms with Crippen molar-refractivity contribution in [3.8, 4) is 11.6 Å². The molecule has 2 aromatic rings. The Hall–Kier alpha value is -1.39. The van der Waals surface area contributed by atoms with Gasteiger partial charge >= 0.3 is 0 Å². The third kappa shape index (κ3) is 2.81. The molecule has 0 aromatic carbocycles. The number of alkyl halides is 1. The minimum absolute atomic E-state index is 0.325. The van der Waals surface area contributed by atoms with Crippen molar-refractivity contribution in [3.05, 3.63) is 41.6 Å². The molecule has 0 fully saturated rings. The Morgan fingerprint density at radius 3 is 2.62 bits per heavy atom. The molecule has 2 rings (SSSR count). The number of aromatic nitrogens is 3. The van der Waals surface area contributed by atoms with Gasteiger partial charge in [-0.3, -0.25) is 9.97 Å². The van der Waals surface area contributed by atoms with Crippen LogP contribution in [0.3, 0.4) is 0 Å². The van der Waals surface area contributed by atoms with E-state index in [2.05, 4.69) is 15.0 Å². The molecule has 0 radical (unpaired) electrons. The van der Waals surface area contributed by atoms with Gasteiger partial charge in [0.25, 0.3) is 0 Å². The molecular weight excluding hydrogens is 249 g/mol. The predicted molar refractivity (Wildman–Crippen MR) is 60.9 cm³/mol. The molecule has 0 unspecified atom stereocenters. The molecule has 2 aromatic heterocycles. The molecule has 16 heavy (non-hydrogen) atoms. The van der Waals surface area contributed by atoms with Gasteiger partial charge in [-0.1, -0.05) is 11.6 Å². The van der Waals surface area contributed by atoms with E-state index in [1.54, 1.807) is 18.5 Å². The van der Waals surface area contributed by atoms with Crippen LogP contribution in [0.4, 0.5) is 0 Å². The molecule has 0 aliphatic rings. The summed E-state index contributed by atoms with van der Waals surface area (Å²) < 4.78 is 5.40. The van der Waals surface area contributed by atoms with Crippen LogP contribution in [0.5, 0.6) is 11.6 Å². The molecule has 6 heteroatoms. The van der Waals surface area contributed by atoms with Gasteiger partial charge in [0.1, 0.15) is 5.75 Å². The van der Waals surface area contributed by atoms with Crippen LogP contribution in [0.25, 0.3) is 0 Å². The monoisotopic (exact) mass is 255 g/mol. The van der Waals surface area contributed by atoms with Crippen molar-refractivity contribution in [2.45, 2.75) is 5.88 Å². The van der Waals surface area contributed by atoms with Crippen molar-refractivity contribution in [2.24, 2.45) is 0 Å². The zero-order valence-corrected chi connectivity index (χ0v) is 9.61. The van der Waals surface area contributed by atoms with Crippen LogP contribution in [0.1, 0.15) is 5.69 Å². The summed E-state index contributed by atoms with van der Waals surface area (Å²) in [6.07, 6.45) is 6.12. The van der Waals surface area contributed by atoms with E-state index in [0.717, 1.165) is 0 Å². The second kappa shape index (κ2) is 5.09. The van der Waals surface area contributed by atoms with Crippen LogP contribution < -0.4 is 4.74 Å². The summed E-state index contributed by atoms with van der Waals surface area (Å²) in [5.74, 6) is 1.21. The van der Waals surface area contributed by atoms with Crippen molar-refractivity contribution < 1.29 is 4.74 Å². The van der Waals surface area contributed by atoms with Gasteiger partial charge in [0.2, 0.25) is 5.88 Å². The van der Waals surface area contributed by atoms with Gasteiger partial charge in [0, 0.05) is 12.3 Å². The van der Waals surface area contributed by atoms with E-state index in [9.17, 15) is 0 Å². The Kier molecular flexibility index (Phi) is 3.54. The van der Waals surface area contributed by atoms with Crippen molar-refractivity contribution >= 4 is 23.2 Å². The molecule has 2 heterocycles. The fourth-order valence-corrected chi connectivity index (χ4v) is 1.34. The Morgan fingerprint density at radius 1 is 1.12 bits per heavy atom. The first kappa shape index (κ1) is 11.1. The van der Waals surface area contributed by atoms with Gasteiger partial charge < -0.3 is 4.74 Å². The molecule has 0 spiro atoms. The third-order valence-electron chi connectivity index (χ3n) is 1.72. The lowest BCUT2D eigenvalue weighted by atomic mass is 10.4. The molecule has 82 valence electrons. The summed E-state index contributed by atoms with van der Waals surface area (Å²) in [6.45, 7) is 0. The number of halogens is 2. The molecule has 0 saturated heterocycles. The van der Waals surface area contributed by atoms with Crippen molar-refractivity contribution in [3.63, 3.8) is 0 Å². The third-order valence-corrected chi connectivity index (χ3v) is 2.20. The van der Waals surface area contributed by atoms with Gasteiger partial charge in [-0.2, -0.15) is 0 Å². The molecule has 0 N–H and O–H groups in total. The van der Waals surface area contributed by atoms with E-state index in [0.29, 0.717) is 28.2 Å². The van der Waals surface area contributed by atoms with Crippen molar-refractivity contribution in [1.82, 2.24) is 15.0 Å². The van der Waals surface area contributed by atoms with E-state index in [4.69, 9.17) is 27.9 Å². The number of rotatable bonds is 3. The SMILES string of the molecule is ClCc1cnc(Oc2cncc(Cl)c2)cn1. The Labute approximate surface area is 102 Å². The largest absolute Gasteiger partial charge is 0.436 e. The average molecular weight is 256 g/mol. The fourth-order valence-electron chi connectivity index (χ4n) is 1.03.